The summed E-state index contributed by atoms with van der Waals surface area (Å²) in [5.74, 6) is -0.567. The van der Waals surface area contributed by atoms with Crippen LogP contribution in [-0.2, 0) is 6.18 Å². The fourth-order valence-corrected chi connectivity index (χ4v) is 3.41. The van der Waals surface area contributed by atoms with Gasteiger partial charge in [0.15, 0.2) is 5.69 Å². The van der Waals surface area contributed by atoms with Crippen molar-refractivity contribution < 1.29 is 22.4 Å². The third-order valence-corrected chi connectivity index (χ3v) is 4.88. The molecule has 0 saturated carbocycles. The first kappa shape index (κ1) is 19.9. The lowest BCUT2D eigenvalue weighted by Crippen LogP contribution is -2.49. The van der Waals surface area contributed by atoms with Crippen LogP contribution in [0.4, 0.5) is 23.4 Å². The Kier molecular flexibility index (Phi) is 5.15. The Hall–Kier alpha value is -3.43. The molecule has 0 unspecified atom stereocenters. The van der Waals surface area contributed by atoms with Crippen molar-refractivity contribution in [1.29, 1.82) is 0 Å². The van der Waals surface area contributed by atoms with Crippen LogP contribution in [0.15, 0.2) is 54.9 Å². The molecule has 10 heteroatoms. The molecule has 6 nitrogen and oxygen atoms in total. The second-order valence-electron chi connectivity index (χ2n) is 6.76. The van der Waals surface area contributed by atoms with Gasteiger partial charge in [-0.05, 0) is 36.4 Å². The predicted molar refractivity (Wildman–Crippen MR) is 101 cm³/mol. The molecular weight excluding hydrogens is 402 g/mol. The third kappa shape index (κ3) is 3.85. The third-order valence-electron chi connectivity index (χ3n) is 4.88. The van der Waals surface area contributed by atoms with Gasteiger partial charge in [-0.3, -0.25) is 4.79 Å². The number of alkyl halides is 3. The highest BCUT2D eigenvalue weighted by Gasteiger charge is 2.41. The molecule has 30 heavy (non-hydrogen) atoms. The molecule has 4 rings (SSSR count). The minimum Gasteiger partial charge on any atom is -0.353 e. The lowest BCUT2D eigenvalue weighted by molar-refractivity contribution is -0.143. The molecule has 0 aliphatic carbocycles. The number of hydrogen-bond donors (Lipinski definition) is 0. The molecule has 0 bridgehead atoms. The van der Waals surface area contributed by atoms with Crippen molar-refractivity contribution >= 4 is 11.7 Å². The molecule has 2 aromatic heterocycles. The molecule has 0 spiro atoms. The van der Waals surface area contributed by atoms with Crippen molar-refractivity contribution in [3.63, 3.8) is 0 Å². The number of anilines is 1. The Labute approximate surface area is 169 Å². The fourth-order valence-electron chi connectivity index (χ4n) is 3.41. The summed E-state index contributed by atoms with van der Waals surface area (Å²) in [6, 6.07) is 9.91. The van der Waals surface area contributed by atoms with Crippen LogP contribution in [0.25, 0.3) is 5.69 Å². The maximum absolute atomic E-state index is 13.8. The molecule has 1 fully saturated rings. The van der Waals surface area contributed by atoms with Gasteiger partial charge < -0.3 is 9.80 Å². The van der Waals surface area contributed by atoms with Gasteiger partial charge in [0.2, 0.25) is 0 Å². The van der Waals surface area contributed by atoms with E-state index in [1.807, 2.05) is 17.0 Å². The van der Waals surface area contributed by atoms with Crippen molar-refractivity contribution in [1.82, 2.24) is 19.7 Å². The Morgan fingerprint density at radius 2 is 1.67 bits per heavy atom. The standard InChI is InChI=1S/C20H17F4N5O/c21-14-4-6-15(7-5-14)29-18(20(22,23)24)16(13-26-29)19(30)28-11-9-27(10-12-28)17-3-1-2-8-25-17/h1-8,13H,9-12H2. The number of halogens is 4. The number of hydrogen-bond acceptors (Lipinski definition) is 4. The zero-order valence-electron chi connectivity index (χ0n) is 15.7. The van der Waals surface area contributed by atoms with Gasteiger partial charge in [-0.1, -0.05) is 6.07 Å². The van der Waals surface area contributed by atoms with Gasteiger partial charge in [0.25, 0.3) is 5.91 Å². The molecule has 156 valence electrons. The van der Waals surface area contributed by atoms with Crippen LogP contribution < -0.4 is 4.90 Å². The number of carbonyl (C=O) groups excluding carboxylic acids is 1. The summed E-state index contributed by atoms with van der Waals surface area (Å²) in [6.45, 7) is 1.43. The van der Waals surface area contributed by atoms with E-state index in [2.05, 4.69) is 10.1 Å². The Balaban J connectivity index is 1.58. The number of piperazine rings is 1. The van der Waals surface area contributed by atoms with Crippen LogP contribution in [0, 0.1) is 5.82 Å². The second-order valence-corrected chi connectivity index (χ2v) is 6.76. The van der Waals surface area contributed by atoms with Crippen LogP contribution in [-0.4, -0.2) is 51.8 Å². The van der Waals surface area contributed by atoms with Gasteiger partial charge >= 0.3 is 6.18 Å². The molecule has 1 amide bonds. The van der Waals surface area contributed by atoms with Gasteiger partial charge in [0.05, 0.1) is 17.4 Å². The van der Waals surface area contributed by atoms with E-state index in [9.17, 15) is 22.4 Å². The highest BCUT2D eigenvalue weighted by atomic mass is 19.4. The summed E-state index contributed by atoms with van der Waals surface area (Å²) in [4.78, 5) is 20.5. The van der Waals surface area contributed by atoms with E-state index in [0.717, 1.165) is 24.1 Å². The highest BCUT2D eigenvalue weighted by Crippen LogP contribution is 2.34. The average molecular weight is 419 g/mol. The van der Waals surface area contributed by atoms with E-state index in [4.69, 9.17) is 0 Å². The summed E-state index contributed by atoms with van der Waals surface area (Å²) in [5.41, 5.74) is -1.69. The van der Waals surface area contributed by atoms with Crippen LogP contribution in [0.3, 0.4) is 0 Å². The van der Waals surface area contributed by atoms with E-state index in [1.165, 1.54) is 17.0 Å². The normalized spacial score (nSPS) is 14.8. The summed E-state index contributed by atoms with van der Waals surface area (Å²) >= 11 is 0. The van der Waals surface area contributed by atoms with Crippen LogP contribution >= 0.6 is 0 Å². The highest BCUT2D eigenvalue weighted by molar-refractivity contribution is 5.95. The number of nitrogens with zero attached hydrogens (tertiary/aromatic N) is 5. The molecular formula is C20H17F4N5O. The SMILES string of the molecule is O=C(c1cnn(-c2ccc(F)cc2)c1C(F)(F)F)N1CCN(c2ccccn2)CC1. The molecule has 1 aromatic carbocycles. The van der Waals surface area contributed by atoms with Gasteiger partial charge in [-0.25, -0.2) is 14.1 Å². The second kappa shape index (κ2) is 7.77. The number of pyridine rings is 1. The Morgan fingerprint density at radius 1 is 0.967 bits per heavy atom. The van der Waals surface area contributed by atoms with Crippen molar-refractivity contribution in [2.45, 2.75) is 6.18 Å². The first-order valence-electron chi connectivity index (χ1n) is 9.21. The quantitative estimate of drug-likeness (QED) is 0.611. The topological polar surface area (TPSA) is 54.3 Å². The number of benzene rings is 1. The lowest BCUT2D eigenvalue weighted by Gasteiger charge is -2.35. The van der Waals surface area contributed by atoms with Crippen LogP contribution in [0.1, 0.15) is 16.1 Å². The van der Waals surface area contributed by atoms with E-state index >= 15 is 0 Å². The maximum atomic E-state index is 13.8. The summed E-state index contributed by atoms with van der Waals surface area (Å²) in [7, 11) is 0. The summed E-state index contributed by atoms with van der Waals surface area (Å²) in [5, 5.41) is 3.77. The average Bonchev–Trinajstić information content (AvgIpc) is 3.20. The smallest absolute Gasteiger partial charge is 0.353 e. The number of rotatable bonds is 3. The van der Waals surface area contributed by atoms with Crippen LogP contribution in [0.2, 0.25) is 0 Å². The molecule has 0 atom stereocenters. The number of amides is 1. The number of aromatic nitrogens is 3. The minimum absolute atomic E-state index is 0.0164. The van der Waals surface area contributed by atoms with E-state index < -0.39 is 29.2 Å². The molecule has 0 N–H and O–H groups in total. The first-order valence-corrected chi connectivity index (χ1v) is 9.21. The van der Waals surface area contributed by atoms with Crippen molar-refractivity contribution in [3.8, 4) is 5.69 Å². The molecule has 3 aromatic rings. The summed E-state index contributed by atoms with van der Waals surface area (Å²) in [6.07, 6.45) is -2.24. The van der Waals surface area contributed by atoms with Gasteiger partial charge in [0, 0.05) is 32.4 Å². The fraction of sp³-hybridized carbons (Fsp3) is 0.250. The number of carbonyl (C=O) groups is 1. The molecule has 1 saturated heterocycles. The van der Waals surface area contributed by atoms with Gasteiger partial charge in [0.1, 0.15) is 11.6 Å². The van der Waals surface area contributed by atoms with Crippen molar-refractivity contribution in [2.24, 2.45) is 0 Å². The Bertz CT molecular complexity index is 1030. The summed E-state index contributed by atoms with van der Waals surface area (Å²) < 4.78 is 55.2. The minimum atomic E-state index is -4.81. The van der Waals surface area contributed by atoms with Gasteiger partial charge in [-0.15, -0.1) is 0 Å². The zero-order chi connectivity index (χ0) is 21.3. The predicted octanol–water partition coefficient (Wildman–Crippen LogP) is 3.39. The maximum Gasteiger partial charge on any atom is 0.434 e. The molecule has 0 radical (unpaired) electrons. The molecule has 1 aliphatic heterocycles. The lowest BCUT2D eigenvalue weighted by atomic mass is 10.1. The monoisotopic (exact) mass is 419 g/mol. The van der Waals surface area contributed by atoms with E-state index in [-0.39, 0.29) is 18.8 Å². The first-order chi connectivity index (χ1) is 14.3. The Morgan fingerprint density at radius 3 is 2.27 bits per heavy atom. The van der Waals surface area contributed by atoms with Gasteiger partial charge in [-0.2, -0.15) is 18.3 Å². The van der Waals surface area contributed by atoms with Crippen molar-refractivity contribution in [3.05, 3.63) is 71.9 Å². The van der Waals surface area contributed by atoms with Crippen molar-refractivity contribution in [2.75, 3.05) is 31.1 Å². The largest absolute Gasteiger partial charge is 0.434 e. The molecule has 1 aliphatic rings. The van der Waals surface area contributed by atoms with Crippen LogP contribution in [0.5, 0.6) is 0 Å². The zero-order valence-corrected chi connectivity index (χ0v) is 15.7. The van der Waals surface area contributed by atoms with E-state index in [0.29, 0.717) is 17.8 Å². The van der Waals surface area contributed by atoms with E-state index in [1.54, 1.807) is 12.3 Å². The molecule has 3 heterocycles.